The molecule has 1 aromatic heterocycles. The van der Waals surface area contributed by atoms with Gasteiger partial charge in [0.05, 0.1) is 29.0 Å². The first-order valence-electron chi connectivity index (χ1n) is 8.65. The van der Waals surface area contributed by atoms with Crippen LogP contribution in [0.2, 0.25) is 0 Å². The molecule has 3 rings (SSSR count). The molecular formula is C21H22N2O2S. The summed E-state index contributed by atoms with van der Waals surface area (Å²) in [7, 11) is 0. The normalized spacial score (nSPS) is 10.9. The summed E-state index contributed by atoms with van der Waals surface area (Å²) in [5.41, 5.74) is 5.55. The number of carbonyl (C=O) groups excluding carboxylic acids is 1. The van der Waals surface area contributed by atoms with Crippen molar-refractivity contribution in [1.29, 1.82) is 0 Å². The minimum atomic E-state index is 0.0653. The standard InChI is InChI=1S/C21H22N2O2S/c1-4-25-21-10-9-16(15(3)24)11-17(21)12-26-13-20-14(2)22-18-7-5-6-8-19(18)23-20/h5-11H,4,12-13H2,1-3H3. The number of hydrogen-bond acceptors (Lipinski definition) is 5. The molecule has 3 aromatic rings. The number of aryl methyl sites for hydroxylation is 1. The van der Waals surface area contributed by atoms with E-state index >= 15 is 0 Å². The van der Waals surface area contributed by atoms with Gasteiger partial charge in [0.15, 0.2) is 5.78 Å². The Kier molecular flexibility index (Phi) is 5.89. The number of carbonyl (C=O) groups is 1. The largest absolute Gasteiger partial charge is 0.494 e. The lowest BCUT2D eigenvalue weighted by atomic mass is 10.1. The average molecular weight is 366 g/mol. The minimum absolute atomic E-state index is 0.0653. The Bertz CT molecular complexity index is 940. The van der Waals surface area contributed by atoms with E-state index in [4.69, 9.17) is 9.72 Å². The lowest BCUT2D eigenvalue weighted by molar-refractivity contribution is 0.101. The second-order valence-corrected chi connectivity index (χ2v) is 7.03. The number of Topliss-reactive ketones (excluding diaryl/α,β-unsaturated/α-hetero) is 1. The zero-order chi connectivity index (χ0) is 18.5. The lowest BCUT2D eigenvalue weighted by Crippen LogP contribution is -2.00. The van der Waals surface area contributed by atoms with Gasteiger partial charge >= 0.3 is 0 Å². The van der Waals surface area contributed by atoms with E-state index in [9.17, 15) is 4.79 Å². The molecule has 0 aliphatic heterocycles. The van der Waals surface area contributed by atoms with Crippen LogP contribution in [-0.2, 0) is 11.5 Å². The van der Waals surface area contributed by atoms with Crippen molar-refractivity contribution in [2.24, 2.45) is 0 Å². The third-order valence-electron chi connectivity index (χ3n) is 4.11. The Hall–Kier alpha value is -2.40. The van der Waals surface area contributed by atoms with Crippen LogP contribution in [0.1, 0.15) is 41.2 Å². The fraction of sp³-hybridized carbons (Fsp3) is 0.286. The molecule has 0 saturated heterocycles. The number of para-hydroxylation sites is 2. The lowest BCUT2D eigenvalue weighted by Gasteiger charge is -2.12. The van der Waals surface area contributed by atoms with Gasteiger partial charge in [-0.25, -0.2) is 9.97 Å². The molecule has 0 bridgehead atoms. The van der Waals surface area contributed by atoms with E-state index in [-0.39, 0.29) is 5.78 Å². The van der Waals surface area contributed by atoms with Crippen molar-refractivity contribution in [3.8, 4) is 5.75 Å². The van der Waals surface area contributed by atoms with Crippen LogP contribution in [0.4, 0.5) is 0 Å². The Labute approximate surface area is 158 Å². The van der Waals surface area contributed by atoms with Crippen molar-refractivity contribution in [1.82, 2.24) is 9.97 Å². The van der Waals surface area contributed by atoms with Gasteiger partial charge in [0.2, 0.25) is 0 Å². The van der Waals surface area contributed by atoms with Crippen molar-refractivity contribution < 1.29 is 9.53 Å². The zero-order valence-corrected chi connectivity index (χ0v) is 16.1. The molecule has 0 radical (unpaired) electrons. The SMILES string of the molecule is CCOc1ccc(C(C)=O)cc1CSCc1nc2ccccc2nc1C. The first kappa shape index (κ1) is 18.4. The Morgan fingerprint density at radius 1 is 1.08 bits per heavy atom. The number of ketones is 1. The summed E-state index contributed by atoms with van der Waals surface area (Å²) in [6.07, 6.45) is 0. The van der Waals surface area contributed by atoms with Gasteiger partial charge in [-0.05, 0) is 51.1 Å². The second kappa shape index (κ2) is 8.32. The van der Waals surface area contributed by atoms with E-state index in [2.05, 4.69) is 4.98 Å². The fourth-order valence-electron chi connectivity index (χ4n) is 2.73. The summed E-state index contributed by atoms with van der Waals surface area (Å²) in [4.78, 5) is 21.0. The van der Waals surface area contributed by atoms with Crippen molar-refractivity contribution in [2.75, 3.05) is 6.61 Å². The molecule has 26 heavy (non-hydrogen) atoms. The van der Waals surface area contributed by atoms with Crippen molar-refractivity contribution >= 4 is 28.6 Å². The topological polar surface area (TPSA) is 52.1 Å². The first-order chi connectivity index (χ1) is 12.6. The van der Waals surface area contributed by atoms with Crippen LogP contribution >= 0.6 is 11.8 Å². The summed E-state index contributed by atoms with van der Waals surface area (Å²) >= 11 is 1.75. The third kappa shape index (κ3) is 4.22. The van der Waals surface area contributed by atoms with Gasteiger partial charge in [-0.2, -0.15) is 11.8 Å². The molecule has 0 fully saturated rings. The van der Waals surface area contributed by atoms with E-state index < -0.39 is 0 Å². The van der Waals surface area contributed by atoms with Gasteiger partial charge < -0.3 is 4.74 Å². The molecular weight excluding hydrogens is 344 g/mol. The molecule has 2 aromatic carbocycles. The molecule has 0 saturated carbocycles. The van der Waals surface area contributed by atoms with Crippen LogP contribution in [0.5, 0.6) is 5.75 Å². The second-order valence-electron chi connectivity index (χ2n) is 6.05. The molecule has 0 spiro atoms. The highest BCUT2D eigenvalue weighted by molar-refractivity contribution is 7.97. The van der Waals surface area contributed by atoms with E-state index in [1.165, 1.54) is 0 Å². The maximum absolute atomic E-state index is 11.7. The van der Waals surface area contributed by atoms with Crippen LogP contribution in [0.3, 0.4) is 0 Å². The molecule has 1 heterocycles. The molecule has 0 atom stereocenters. The molecule has 134 valence electrons. The number of hydrogen-bond donors (Lipinski definition) is 0. The molecule has 4 nitrogen and oxygen atoms in total. The van der Waals surface area contributed by atoms with Crippen LogP contribution in [0, 0.1) is 6.92 Å². The van der Waals surface area contributed by atoms with Gasteiger partial charge in [0.25, 0.3) is 0 Å². The average Bonchev–Trinajstić information content (AvgIpc) is 2.63. The van der Waals surface area contributed by atoms with Gasteiger partial charge in [-0.1, -0.05) is 12.1 Å². The number of thioether (sulfide) groups is 1. The number of rotatable bonds is 7. The predicted molar refractivity (Wildman–Crippen MR) is 107 cm³/mol. The monoisotopic (exact) mass is 366 g/mol. The highest BCUT2D eigenvalue weighted by atomic mass is 32.2. The number of ether oxygens (including phenoxy) is 1. The molecule has 0 unspecified atom stereocenters. The number of aromatic nitrogens is 2. The Balaban J connectivity index is 1.76. The van der Waals surface area contributed by atoms with E-state index in [0.29, 0.717) is 12.2 Å². The predicted octanol–water partition coefficient (Wildman–Crippen LogP) is 4.97. The van der Waals surface area contributed by atoms with Crippen LogP contribution in [-0.4, -0.2) is 22.4 Å². The maximum Gasteiger partial charge on any atom is 0.159 e. The number of nitrogens with zero attached hydrogens (tertiary/aromatic N) is 2. The van der Waals surface area contributed by atoms with E-state index in [1.807, 2.05) is 56.3 Å². The van der Waals surface area contributed by atoms with Crippen LogP contribution in [0.25, 0.3) is 11.0 Å². The number of fused-ring (bicyclic) bond motifs is 1. The summed E-state index contributed by atoms with van der Waals surface area (Å²) in [6, 6.07) is 13.6. The minimum Gasteiger partial charge on any atom is -0.494 e. The Morgan fingerprint density at radius 2 is 1.81 bits per heavy atom. The van der Waals surface area contributed by atoms with Crippen molar-refractivity contribution in [3.05, 3.63) is 65.0 Å². The summed E-state index contributed by atoms with van der Waals surface area (Å²) in [5, 5.41) is 0. The van der Waals surface area contributed by atoms with Gasteiger partial charge in [0.1, 0.15) is 5.75 Å². The first-order valence-corrected chi connectivity index (χ1v) is 9.80. The third-order valence-corrected chi connectivity index (χ3v) is 5.10. The highest BCUT2D eigenvalue weighted by Crippen LogP contribution is 2.27. The molecule has 0 aliphatic carbocycles. The summed E-state index contributed by atoms with van der Waals surface area (Å²) in [5.74, 6) is 2.42. The highest BCUT2D eigenvalue weighted by Gasteiger charge is 2.10. The maximum atomic E-state index is 11.7. The fourth-order valence-corrected chi connectivity index (χ4v) is 3.74. The number of benzene rings is 2. The van der Waals surface area contributed by atoms with E-state index in [1.54, 1.807) is 18.7 Å². The summed E-state index contributed by atoms with van der Waals surface area (Å²) < 4.78 is 5.70. The van der Waals surface area contributed by atoms with Gasteiger partial charge in [-0.3, -0.25) is 4.79 Å². The van der Waals surface area contributed by atoms with Crippen LogP contribution < -0.4 is 4.74 Å². The molecule has 0 aliphatic rings. The zero-order valence-electron chi connectivity index (χ0n) is 15.3. The molecule has 5 heteroatoms. The molecule has 0 N–H and O–H groups in total. The van der Waals surface area contributed by atoms with Gasteiger partial charge in [-0.15, -0.1) is 0 Å². The van der Waals surface area contributed by atoms with Gasteiger partial charge in [0, 0.05) is 22.6 Å². The van der Waals surface area contributed by atoms with Crippen molar-refractivity contribution in [2.45, 2.75) is 32.3 Å². The molecule has 0 amide bonds. The van der Waals surface area contributed by atoms with Crippen molar-refractivity contribution in [3.63, 3.8) is 0 Å². The Morgan fingerprint density at radius 3 is 2.50 bits per heavy atom. The smallest absolute Gasteiger partial charge is 0.159 e. The quantitative estimate of drug-likeness (QED) is 0.552. The summed E-state index contributed by atoms with van der Waals surface area (Å²) in [6.45, 7) is 6.15. The van der Waals surface area contributed by atoms with E-state index in [0.717, 1.165) is 45.2 Å². The van der Waals surface area contributed by atoms with Crippen LogP contribution in [0.15, 0.2) is 42.5 Å².